The summed E-state index contributed by atoms with van der Waals surface area (Å²) in [7, 11) is 0. The largest absolute Gasteiger partial charge is 0.485 e. The normalized spacial score (nSPS) is 10.5. The summed E-state index contributed by atoms with van der Waals surface area (Å²) in [5.41, 5.74) is 0.442. The molecule has 0 aliphatic heterocycles. The van der Waals surface area contributed by atoms with Gasteiger partial charge in [0, 0.05) is 11.1 Å². The second-order valence-electron chi connectivity index (χ2n) is 3.79. The van der Waals surface area contributed by atoms with Gasteiger partial charge in [-0.15, -0.1) is 0 Å². The second kappa shape index (κ2) is 5.50. The number of aryl methyl sites for hydroxylation is 1. The highest BCUT2D eigenvalue weighted by Gasteiger charge is 2.17. The summed E-state index contributed by atoms with van der Waals surface area (Å²) < 4.78 is 10.3. The maximum absolute atomic E-state index is 11.1. The van der Waals surface area contributed by atoms with Crippen molar-refractivity contribution in [2.45, 2.75) is 13.5 Å². The number of hydrogen-bond acceptors (Lipinski definition) is 4. The molecule has 1 heterocycles. The standard InChI is InChI=1S/C12H9Cl2NO4/c1-6-2-8(15-19-6)5-18-11-9(12(16)17)3-7(13)4-10(11)14/h2-4H,5H2,1H3,(H,16,17). The lowest BCUT2D eigenvalue weighted by atomic mass is 10.2. The Balaban J connectivity index is 2.26. The van der Waals surface area contributed by atoms with E-state index >= 15 is 0 Å². The monoisotopic (exact) mass is 301 g/mol. The van der Waals surface area contributed by atoms with Gasteiger partial charge in [-0.1, -0.05) is 28.4 Å². The highest BCUT2D eigenvalue weighted by atomic mass is 35.5. The van der Waals surface area contributed by atoms with Gasteiger partial charge in [0.15, 0.2) is 5.75 Å². The number of benzene rings is 1. The number of carboxylic acid groups (broad SMARTS) is 1. The molecule has 0 saturated carbocycles. The third kappa shape index (κ3) is 3.19. The van der Waals surface area contributed by atoms with Crippen LogP contribution in [0.3, 0.4) is 0 Å². The zero-order valence-corrected chi connectivity index (χ0v) is 11.3. The molecule has 100 valence electrons. The summed E-state index contributed by atoms with van der Waals surface area (Å²) in [6, 6.07) is 4.38. The Bertz CT molecular complexity index is 624. The number of aromatic carboxylic acids is 1. The lowest BCUT2D eigenvalue weighted by Gasteiger charge is -2.10. The van der Waals surface area contributed by atoms with Crippen LogP contribution >= 0.6 is 23.2 Å². The number of rotatable bonds is 4. The highest BCUT2D eigenvalue weighted by molar-refractivity contribution is 6.36. The summed E-state index contributed by atoms with van der Waals surface area (Å²) in [6.07, 6.45) is 0. The Morgan fingerprint density at radius 1 is 1.42 bits per heavy atom. The number of carboxylic acids is 1. The quantitative estimate of drug-likeness (QED) is 0.934. The van der Waals surface area contributed by atoms with Crippen LogP contribution in [-0.4, -0.2) is 16.2 Å². The average molecular weight is 302 g/mol. The van der Waals surface area contributed by atoms with Crippen molar-refractivity contribution in [3.05, 3.63) is 45.3 Å². The topological polar surface area (TPSA) is 72.6 Å². The smallest absolute Gasteiger partial charge is 0.339 e. The minimum atomic E-state index is -1.17. The maximum Gasteiger partial charge on any atom is 0.339 e. The first-order valence-corrected chi connectivity index (χ1v) is 6.00. The molecule has 5 nitrogen and oxygen atoms in total. The van der Waals surface area contributed by atoms with Crippen molar-refractivity contribution in [2.75, 3.05) is 0 Å². The molecule has 0 atom stereocenters. The van der Waals surface area contributed by atoms with Crippen LogP contribution in [0.4, 0.5) is 0 Å². The predicted octanol–water partition coefficient (Wildman–Crippen LogP) is 3.57. The zero-order chi connectivity index (χ0) is 14.0. The molecule has 0 bridgehead atoms. The van der Waals surface area contributed by atoms with Crippen LogP contribution in [0, 0.1) is 6.92 Å². The van der Waals surface area contributed by atoms with Crippen molar-refractivity contribution >= 4 is 29.2 Å². The van der Waals surface area contributed by atoms with E-state index < -0.39 is 5.97 Å². The van der Waals surface area contributed by atoms with Crippen molar-refractivity contribution in [3.63, 3.8) is 0 Å². The molecule has 0 amide bonds. The third-order valence-corrected chi connectivity index (χ3v) is 2.78. The van der Waals surface area contributed by atoms with Gasteiger partial charge >= 0.3 is 5.97 Å². The van der Waals surface area contributed by atoms with Crippen LogP contribution < -0.4 is 4.74 Å². The molecule has 0 spiro atoms. The Morgan fingerprint density at radius 3 is 2.74 bits per heavy atom. The summed E-state index contributed by atoms with van der Waals surface area (Å²) in [5, 5.41) is 13.2. The molecule has 2 rings (SSSR count). The van der Waals surface area contributed by atoms with Crippen molar-refractivity contribution in [1.29, 1.82) is 0 Å². The number of aromatic nitrogens is 1. The number of ether oxygens (including phenoxy) is 1. The molecule has 0 aliphatic carbocycles. The minimum absolute atomic E-state index is 0.0545. The number of nitrogens with zero attached hydrogens (tertiary/aromatic N) is 1. The van der Waals surface area contributed by atoms with Crippen molar-refractivity contribution in [3.8, 4) is 5.75 Å². The van der Waals surface area contributed by atoms with E-state index in [1.165, 1.54) is 12.1 Å². The Morgan fingerprint density at radius 2 is 2.16 bits per heavy atom. The molecule has 0 saturated heterocycles. The highest BCUT2D eigenvalue weighted by Crippen LogP contribution is 2.33. The van der Waals surface area contributed by atoms with Gasteiger partial charge in [-0.3, -0.25) is 0 Å². The Hall–Kier alpha value is -1.72. The predicted molar refractivity (Wildman–Crippen MR) is 69.0 cm³/mol. The van der Waals surface area contributed by atoms with Gasteiger partial charge in [0.25, 0.3) is 0 Å². The van der Waals surface area contributed by atoms with Gasteiger partial charge < -0.3 is 14.4 Å². The van der Waals surface area contributed by atoms with Gasteiger partial charge in [-0.25, -0.2) is 4.79 Å². The third-order valence-electron chi connectivity index (χ3n) is 2.28. The molecular weight excluding hydrogens is 293 g/mol. The van der Waals surface area contributed by atoms with Gasteiger partial charge in [0.05, 0.1) is 5.02 Å². The Labute approximate surface area is 118 Å². The molecule has 0 radical (unpaired) electrons. The number of halogens is 2. The second-order valence-corrected chi connectivity index (χ2v) is 4.63. The fraction of sp³-hybridized carbons (Fsp3) is 0.167. The van der Waals surface area contributed by atoms with Crippen LogP contribution in [0.2, 0.25) is 10.0 Å². The first-order chi connectivity index (χ1) is 8.97. The summed E-state index contributed by atoms with van der Waals surface area (Å²) in [4.78, 5) is 11.1. The van der Waals surface area contributed by atoms with Crippen LogP contribution in [0.25, 0.3) is 0 Å². The summed E-state index contributed by atoms with van der Waals surface area (Å²) in [6.45, 7) is 1.80. The molecular formula is C12H9Cl2NO4. The van der Waals surface area contributed by atoms with E-state index in [1.807, 2.05) is 0 Å². The minimum Gasteiger partial charge on any atom is -0.485 e. The molecule has 2 aromatic rings. The number of carbonyl (C=O) groups is 1. The number of hydrogen-bond donors (Lipinski definition) is 1. The van der Waals surface area contributed by atoms with E-state index in [0.717, 1.165) is 0 Å². The van der Waals surface area contributed by atoms with Gasteiger partial charge in [0.1, 0.15) is 23.6 Å². The van der Waals surface area contributed by atoms with E-state index in [2.05, 4.69) is 5.16 Å². The summed E-state index contributed by atoms with van der Waals surface area (Å²) in [5.74, 6) is -0.478. The Kier molecular flexibility index (Phi) is 3.97. The zero-order valence-electron chi connectivity index (χ0n) is 9.81. The lowest BCUT2D eigenvalue weighted by molar-refractivity contribution is 0.0691. The first-order valence-electron chi connectivity index (χ1n) is 5.24. The molecule has 1 aromatic carbocycles. The SMILES string of the molecule is Cc1cc(COc2c(Cl)cc(Cl)cc2C(=O)O)no1. The summed E-state index contributed by atoms with van der Waals surface area (Å²) >= 11 is 11.7. The van der Waals surface area contributed by atoms with E-state index in [1.54, 1.807) is 13.0 Å². The fourth-order valence-electron chi connectivity index (χ4n) is 1.50. The van der Waals surface area contributed by atoms with Gasteiger partial charge in [-0.2, -0.15) is 0 Å². The average Bonchev–Trinajstić information content (AvgIpc) is 2.73. The fourth-order valence-corrected chi connectivity index (χ4v) is 2.05. The molecule has 0 unspecified atom stereocenters. The maximum atomic E-state index is 11.1. The van der Waals surface area contributed by atoms with Crippen molar-refractivity contribution in [1.82, 2.24) is 5.16 Å². The van der Waals surface area contributed by atoms with Crippen LogP contribution in [-0.2, 0) is 6.61 Å². The van der Waals surface area contributed by atoms with Crippen LogP contribution in [0.1, 0.15) is 21.8 Å². The van der Waals surface area contributed by atoms with E-state index in [9.17, 15) is 4.79 Å². The van der Waals surface area contributed by atoms with Crippen molar-refractivity contribution in [2.24, 2.45) is 0 Å². The van der Waals surface area contributed by atoms with E-state index in [4.69, 9.17) is 37.6 Å². The molecule has 1 aromatic heterocycles. The lowest BCUT2D eigenvalue weighted by Crippen LogP contribution is -2.04. The molecule has 1 N–H and O–H groups in total. The van der Waals surface area contributed by atoms with E-state index in [-0.39, 0.29) is 28.0 Å². The van der Waals surface area contributed by atoms with Crippen molar-refractivity contribution < 1.29 is 19.2 Å². The van der Waals surface area contributed by atoms with Crippen LogP contribution in [0.15, 0.2) is 22.7 Å². The van der Waals surface area contributed by atoms with Crippen LogP contribution in [0.5, 0.6) is 5.75 Å². The van der Waals surface area contributed by atoms with Gasteiger partial charge in [0.2, 0.25) is 0 Å². The van der Waals surface area contributed by atoms with Gasteiger partial charge in [-0.05, 0) is 19.1 Å². The molecule has 7 heteroatoms. The molecule has 0 fully saturated rings. The first kappa shape index (κ1) is 13.7. The molecule has 19 heavy (non-hydrogen) atoms. The van der Waals surface area contributed by atoms with E-state index in [0.29, 0.717) is 11.5 Å². The molecule has 0 aliphatic rings.